The molecule has 0 N–H and O–H groups in total. The summed E-state index contributed by atoms with van der Waals surface area (Å²) in [6.07, 6.45) is -12.3. The van der Waals surface area contributed by atoms with Crippen molar-refractivity contribution in [2.45, 2.75) is 30.9 Å². The van der Waals surface area contributed by atoms with Crippen molar-refractivity contribution in [3.8, 4) is 0 Å². The zero-order valence-electron chi connectivity index (χ0n) is 5.35. The van der Waals surface area contributed by atoms with Crippen molar-refractivity contribution >= 4 is 0 Å². The van der Waals surface area contributed by atoms with Crippen LogP contribution in [0.1, 0.15) is 0 Å². The van der Waals surface area contributed by atoms with Crippen molar-refractivity contribution < 1.29 is 22.0 Å². The van der Waals surface area contributed by atoms with Crippen LogP contribution in [-0.4, -0.2) is 30.9 Å². The molecular formula is C6H6F5. The molecule has 4 atom stereocenters. The fourth-order valence-electron chi connectivity index (χ4n) is 0.915. The minimum absolute atomic E-state index is 0.200. The molecule has 1 rings (SSSR count). The summed E-state index contributed by atoms with van der Waals surface area (Å²) in [4.78, 5) is 0. The van der Waals surface area contributed by atoms with E-state index in [9.17, 15) is 22.0 Å². The topological polar surface area (TPSA) is 0 Å². The lowest BCUT2D eigenvalue weighted by atomic mass is 9.92. The third-order valence-corrected chi connectivity index (χ3v) is 1.58. The fraction of sp³-hybridized carbons (Fsp3) is 0.833. The van der Waals surface area contributed by atoms with Gasteiger partial charge in [-0.05, 0) is 0 Å². The minimum Gasteiger partial charge on any atom is -0.244 e. The van der Waals surface area contributed by atoms with Crippen molar-refractivity contribution in [3.63, 3.8) is 0 Å². The van der Waals surface area contributed by atoms with E-state index in [2.05, 4.69) is 0 Å². The van der Waals surface area contributed by atoms with Gasteiger partial charge in [0.2, 0.25) is 0 Å². The van der Waals surface area contributed by atoms with Gasteiger partial charge in [0.25, 0.3) is 0 Å². The van der Waals surface area contributed by atoms with E-state index >= 15 is 0 Å². The Bertz CT molecular complexity index is 125. The van der Waals surface area contributed by atoms with Gasteiger partial charge >= 0.3 is 0 Å². The van der Waals surface area contributed by atoms with Crippen LogP contribution in [0.5, 0.6) is 0 Å². The van der Waals surface area contributed by atoms with Gasteiger partial charge < -0.3 is 0 Å². The predicted octanol–water partition coefficient (Wildman–Crippen LogP) is 1.89. The van der Waals surface area contributed by atoms with Gasteiger partial charge in [-0.1, -0.05) is 0 Å². The lowest BCUT2D eigenvalue weighted by Gasteiger charge is -2.28. The Morgan fingerprint density at radius 1 is 0.636 bits per heavy atom. The standard InChI is InChI=1S/C6H6F5/c7-2-1-3(8)5(10)6(11)4(2)9/h1-6H. The molecular weight excluding hydrogens is 167 g/mol. The van der Waals surface area contributed by atoms with E-state index in [4.69, 9.17) is 0 Å². The highest BCUT2D eigenvalue weighted by Crippen LogP contribution is 2.30. The van der Waals surface area contributed by atoms with Gasteiger partial charge in [-0.3, -0.25) is 0 Å². The first-order valence-corrected chi connectivity index (χ1v) is 3.09. The van der Waals surface area contributed by atoms with E-state index in [1.165, 1.54) is 0 Å². The van der Waals surface area contributed by atoms with Crippen LogP contribution in [0.15, 0.2) is 0 Å². The van der Waals surface area contributed by atoms with Crippen LogP contribution in [0, 0.1) is 6.42 Å². The zero-order valence-corrected chi connectivity index (χ0v) is 5.35. The SMILES string of the molecule is FC1[CH]C(F)C(F)C(F)C1F. The first-order chi connectivity index (χ1) is 5.04. The average Bonchev–Trinajstić information content (AvgIpc) is 1.97. The second-order valence-electron chi connectivity index (χ2n) is 2.41. The molecule has 4 unspecified atom stereocenters. The largest absolute Gasteiger partial charge is 0.244 e. The summed E-state index contributed by atoms with van der Waals surface area (Å²) in [6, 6.07) is 0. The second kappa shape index (κ2) is 2.95. The summed E-state index contributed by atoms with van der Waals surface area (Å²) in [6.45, 7) is 0. The van der Waals surface area contributed by atoms with Crippen LogP contribution < -0.4 is 0 Å². The number of hydrogen-bond acceptors (Lipinski definition) is 0. The fourth-order valence-corrected chi connectivity index (χ4v) is 0.915. The summed E-state index contributed by atoms with van der Waals surface area (Å²) in [7, 11) is 0. The van der Waals surface area contributed by atoms with Crippen molar-refractivity contribution in [1.82, 2.24) is 0 Å². The monoisotopic (exact) mass is 173 g/mol. The summed E-state index contributed by atoms with van der Waals surface area (Å²) in [5, 5.41) is 0. The maximum atomic E-state index is 12.2. The number of rotatable bonds is 0. The van der Waals surface area contributed by atoms with Gasteiger partial charge in [0, 0.05) is 6.42 Å². The number of hydrogen-bond donors (Lipinski definition) is 0. The van der Waals surface area contributed by atoms with Crippen molar-refractivity contribution in [1.29, 1.82) is 0 Å². The van der Waals surface area contributed by atoms with E-state index in [0.29, 0.717) is 0 Å². The maximum absolute atomic E-state index is 12.2. The lowest BCUT2D eigenvalue weighted by Crippen LogP contribution is -2.47. The summed E-state index contributed by atoms with van der Waals surface area (Å²) in [5.74, 6) is 0. The number of alkyl halides is 5. The molecule has 1 fully saturated rings. The molecule has 5 heteroatoms. The molecule has 0 aromatic heterocycles. The Morgan fingerprint density at radius 2 is 1.00 bits per heavy atom. The Labute approximate surface area is 60.4 Å². The van der Waals surface area contributed by atoms with Gasteiger partial charge in [-0.2, -0.15) is 0 Å². The molecule has 1 radical (unpaired) electrons. The maximum Gasteiger partial charge on any atom is 0.168 e. The molecule has 0 amide bonds. The Hall–Kier alpha value is -0.350. The Kier molecular flexibility index (Phi) is 2.34. The Balaban J connectivity index is 2.63. The molecule has 1 saturated carbocycles. The molecule has 65 valence electrons. The molecule has 1 aliphatic rings. The molecule has 0 heterocycles. The number of halogens is 5. The smallest absolute Gasteiger partial charge is 0.168 e. The van der Waals surface area contributed by atoms with Crippen LogP contribution in [0.2, 0.25) is 0 Å². The molecule has 0 saturated heterocycles. The predicted molar refractivity (Wildman–Crippen MR) is 28.8 cm³/mol. The van der Waals surface area contributed by atoms with Crippen LogP contribution in [0.25, 0.3) is 0 Å². The molecule has 0 aromatic carbocycles. The van der Waals surface area contributed by atoms with Crippen molar-refractivity contribution in [3.05, 3.63) is 6.42 Å². The average molecular weight is 173 g/mol. The van der Waals surface area contributed by atoms with E-state index in [-0.39, 0.29) is 6.42 Å². The highest BCUT2D eigenvalue weighted by atomic mass is 19.2. The van der Waals surface area contributed by atoms with Crippen LogP contribution in [0.3, 0.4) is 0 Å². The second-order valence-corrected chi connectivity index (χ2v) is 2.41. The molecule has 0 bridgehead atoms. The molecule has 11 heavy (non-hydrogen) atoms. The van der Waals surface area contributed by atoms with Gasteiger partial charge in [0.1, 0.15) is 12.3 Å². The van der Waals surface area contributed by atoms with E-state index in [0.717, 1.165) is 0 Å². The van der Waals surface area contributed by atoms with Gasteiger partial charge in [0.05, 0.1) is 0 Å². The van der Waals surface area contributed by atoms with Crippen molar-refractivity contribution in [2.24, 2.45) is 0 Å². The molecule has 1 aliphatic carbocycles. The van der Waals surface area contributed by atoms with Gasteiger partial charge in [-0.25, -0.2) is 22.0 Å². The third kappa shape index (κ3) is 1.46. The van der Waals surface area contributed by atoms with E-state index in [1.807, 2.05) is 0 Å². The molecule has 0 aromatic rings. The minimum atomic E-state index is -2.69. The normalized spacial score (nSPS) is 52.6. The Morgan fingerprint density at radius 3 is 1.36 bits per heavy atom. The highest BCUT2D eigenvalue weighted by Gasteiger charge is 2.47. The molecule has 0 nitrogen and oxygen atoms in total. The van der Waals surface area contributed by atoms with E-state index in [1.54, 1.807) is 0 Å². The van der Waals surface area contributed by atoms with Crippen molar-refractivity contribution in [2.75, 3.05) is 0 Å². The first kappa shape index (κ1) is 8.74. The summed E-state index contributed by atoms with van der Waals surface area (Å²) < 4.78 is 61.0. The van der Waals surface area contributed by atoms with Gasteiger partial charge in [0.15, 0.2) is 18.5 Å². The quantitative estimate of drug-likeness (QED) is 0.491. The van der Waals surface area contributed by atoms with Crippen LogP contribution in [0.4, 0.5) is 22.0 Å². The third-order valence-electron chi connectivity index (χ3n) is 1.58. The zero-order chi connectivity index (χ0) is 8.59. The van der Waals surface area contributed by atoms with Gasteiger partial charge in [-0.15, -0.1) is 0 Å². The lowest BCUT2D eigenvalue weighted by molar-refractivity contribution is -0.0207. The van der Waals surface area contributed by atoms with Crippen LogP contribution in [-0.2, 0) is 0 Å². The van der Waals surface area contributed by atoms with E-state index < -0.39 is 30.9 Å². The molecule has 0 spiro atoms. The summed E-state index contributed by atoms with van der Waals surface area (Å²) >= 11 is 0. The van der Waals surface area contributed by atoms with Crippen LogP contribution >= 0.6 is 0 Å². The summed E-state index contributed by atoms with van der Waals surface area (Å²) in [5.41, 5.74) is 0. The highest BCUT2D eigenvalue weighted by molar-refractivity contribution is 5.04. The first-order valence-electron chi connectivity index (χ1n) is 3.09. The molecule has 0 aliphatic heterocycles.